The summed E-state index contributed by atoms with van der Waals surface area (Å²) in [7, 11) is 0. The zero-order valence-corrected chi connectivity index (χ0v) is 14.4. The molecule has 0 saturated heterocycles. The van der Waals surface area contributed by atoms with Crippen molar-refractivity contribution < 1.29 is 18.9 Å². The summed E-state index contributed by atoms with van der Waals surface area (Å²) in [5, 5.41) is 13.1. The summed E-state index contributed by atoms with van der Waals surface area (Å²) in [6, 6.07) is 12.4. The quantitative estimate of drug-likeness (QED) is 0.744. The highest BCUT2D eigenvalue weighted by Gasteiger charge is 2.16. The van der Waals surface area contributed by atoms with Crippen LogP contribution in [0.15, 0.2) is 47.4 Å². The molecule has 0 aliphatic carbocycles. The average Bonchev–Trinajstić information content (AvgIpc) is 2.59. The van der Waals surface area contributed by atoms with Crippen LogP contribution in [0.5, 0.6) is 0 Å². The Labute approximate surface area is 149 Å². The lowest BCUT2D eigenvalue weighted by Crippen LogP contribution is -2.86. The molecule has 2 aromatic carbocycles. The highest BCUT2D eigenvalue weighted by Crippen LogP contribution is 2.26. The van der Waals surface area contributed by atoms with E-state index in [4.69, 9.17) is 5.26 Å². The molecule has 7 heteroatoms. The molecule has 0 heterocycles. The highest BCUT2D eigenvalue weighted by molar-refractivity contribution is 7.99. The van der Waals surface area contributed by atoms with Gasteiger partial charge in [0.1, 0.15) is 17.7 Å². The van der Waals surface area contributed by atoms with Crippen LogP contribution < -0.4 is 10.6 Å². The number of para-hydroxylation sites is 1. The predicted octanol–water partition coefficient (Wildman–Crippen LogP) is 2.84. The third-order valence-corrected chi connectivity index (χ3v) is 4.50. The van der Waals surface area contributed by atoms with Gasteiger partial charge in [-0.05, 0) is 31.2 Å². The molecule has 2 rings (SSSR count). The molecule has 2 aromatic rings. The molecule has 0 fully saturated rings. The van der Waals surface area contributed by atoms with Crippen LogP contribution in [0.25, 0.3) is 0 Å². The van der Waals surface area contributed by atoms with Crippen LogP contribution in [-0.4, -0.2) is 18.2 Å². The number of hydrogen-bond acceptors (Lipinski definition) is 3. The lowest BCUT2D eigenvalue weighted by molar-refractivity contribution is -0.682. The SMILES string of the molecule is C[C@@H]([NH2+]CC(=O)Nc1ccccc1SCC#N)c1ccc(F)cc1F. The first-order chi connectivity index (χ1) is 12.0. The fourth-order valence-electron chi connectivity index (χ4n) is 2.29. The summed E-state index contributed by atoms with van der Waals surface area (Å²) in [4.78, 5) is 13.0. The van der Waals surface area contributed by atoms with E-state index in [1.54, 1.807) is 24.4 Å². The molecule has 4 nitrogen and oxygen atoms in total. The largest absolute Gasteiger partial charge is 0.332 e. The van der Waals surface area contributed by atoms with E-state index in [1.165, 1.54) is 23.9 Å². The van der Waals surface area contributed by atoms with E-state index < -0.39 is 11.6 Å². The van der Waals surface area contributed by atoms with Crippen molar-refractivity contribution in [3.63, 3.8) is 0 Å². The number of carbonyl (C=O) groups is 1. The number of thioether (sulfide) groups is 1. The van der Waals surface area contributed by atoms with Gasteiger partial charge in [0.2, 0.25) is 0 Å². The van der Waals surface area contributed by atoms with Crippen molar-refractivity contribution in [3.05, 3.63) is 59.7 Å². The Balaban J connectivity index is 1.94. The number of nitriles is 1. The van der Waals surface area contributed by atoms with Crippen LogP contribution in [0.3, 0.4) is 0 Å². The normalized spacial score (nSPS) is 11.6. The molecule has 0 aromatic heterocycles. The monoisotopic (exact) mass is 362 g/mol. The first-order valence-corrected chi connectivity index (χ1v) is 8.66. The van der Waals surface area contributed by atoms with Crippen molar-refractivity contribution in [1.29, 1.82) is 5.26 Å². The summed E-state index contributed by atoms with van der Waals surface area (Å²) in [6.07, 6.45) is 0. The van der Waals surface area contributed by atoms with Gasteiger partial charge in [0, 0.05) is 16.5 Å². The molecular weight excluding hydrogens is 344 g/mol. The number of halogens is 2. The summed E-state index contributed by atoms with van der Waals surface area (Å²) >= 11 is 1.34. The topological polar surface area (TPSA) is 69.5 Å². The zero-order chi connectivity index (χ0) is 18.2. The van der Waals surface area contributed by atoms with E-state index in [1.807, 2.05) is 18.2 Å². The van der Waals surface area contributed by atoms with E-state index in [2.05, 4.69) is 5.32 Å². The molecular formula is C18H18F2N3OS+. The fraction of sp³-hybridized carbons (Fsp3) is 0.222. The molecule has 3 N–H and O–H groups in total. The van der Waals surface area contributed by atoms with Crippen LogP contribution in [0.1, 0.15) is 18.5 Å². The smallest absolute Gasteiger partial charge is 0.279 e. The second-order valence-electron chi connectivity index (χ2n) is 5.39. The number of nitrogens with zero attached hydrogens (tertiary/aromatic N) is 1. The van der Waals surface area contributed by atoms with Gasteiger partial charge in [-0.3, -0.25) is 4.79 Å². The Morgan fingerprint density at radius 1 is 1.32 bits per heavy atom. The first kappa shape index (κ1) is 18.9. The van der Waals surface area contributed by atoms with Crippen LogP contribution in [0.2, 0.25) is 0 Å². The summed E-state index contributed by atoms with van der Waals surface area (Å²) in [5.74, 6) is -1.20. The van der Waals surface area contributed by atoms with Gasteiger partial charge < -0.3 is 10.6 Å². The Bertz CT molecular complexity index is 792. The van der Waals surface area contributed by atoms with Gasteiger partial charge in [0.15, 0.2) is 6.54 Å². The number of hydrogen-bond donors (Lipinski definition) is 2. The minimum Gasteiger partial charge on any atom is -0.332 e. The molecule has 0 spiro atoms. The van der Waals surface area contributed by atoms with Gasteiger partial charge in [0.05, 0.1) is 17.5 Å². The van der Waals surface area contributed by atoms with Crippen LogP contribution >= 0.6 is 11.8 Å². The van der Waals surface area contributed by atoms with E-state index in [0.717, 1.165) is 11.0 Å². The Hall–Kier alpha value is -2.43. The summed E-state index contributed by atoms with van der Waals surface area (Å²) in [6.45, 7) is 1.84. The minimum absolute atomic E-state index is 0.0925. The minimum atomic E-state index is -0.627. The van der Waals surface area contributed by atoms with E-state index in [9.17, 15) is 13.6 Å². The van der Waals surface area contributed by atoms with Gasteiger partial charge in [0.25, 0.3) is 5.91 Å². The van der Waals surface area contributed by atoms with Gasteiger partial charge in [-0.25, -0.2) is 8.78 Å². The van der Waals surface area contributed by atoms with Gasteiger partial charge in [-0.1, -0.05) is 12.1 Å². The van der Waals surface area contributed by atoms with Crippen molar-refractivity contribution in [3.8, 4) is 6.07 Å². The Morgan fingerprint density at radius 3 is 2.80 bits per heavy atom. The molecule has 25 heavy (non-hydrogen) atoms. The lowest BCUT2D eigenvalue weighted by atomic mass is 10.1. The number of carbonyl (C=O) groups excluding carboxylic acids is 1. The number of amides is 1. The first-order valence-electron chi connectivity index (χ1n) is 7.68. The standard InChI is InChI=1S/C18H17F2N3OS/c1-12(14-7-6-13(19)10-15(14)20)22-11-18(24)23-16-4-2-3-5-17(16)25-9-8-21/h2-7,10,12,22H,9,11H2,1H3,(H,23,24)/p+1/t12-/m1/s1. The zero-order valence-electron chi connectivity index (χ0n) is 13.6. The maximum absolute atomic E-state index is 13.8. The van der Waals surface area contributed by atoms with Gasteiger partial charge in [-0.2, -0.15) is 5.26 Å². The van der Waals surface area contributed by atoms with Crippen molar-refractivity contribution in [2.75, 3.05) is 17.6 Å². The van der Waals surface area contributed by atoms with Crippen LogP contribution in [0.4, 0.5) is 14.5 Å². The molecule has 0 bridgehead atoms. The maximum Gasteiger partial charge on any atom is 0.279 e. The number of quaternary nitrogens is 1. The third-order valence-electron chi connectivity index (χ3n) is 3.56. The Kier molecular flexibility index (Phi) is 6.92. The molecule has 0 aliphatic rings. The number of rotatable bonds is 7. The van der Waals surface area contributed by atoms with Crippen LogP contribution in [0, 0.1) is 23.0 Å². The third kappa shape index (κ3) is 5.55. The fourth-order valence-corrected chi connectivity index (χ4v) is 2.96. The number of nitrogens with two attached hydrogens (primary N) is 1. The van der Waals surface area contributed by atoms with Crippen molar-refractivity contribution in [2.45, 2.75) is 17.9 Å². The van der Waals surface area contributed by atoms with Gasteiger partial charge >= 0.3 is 0 Å². The molecule has 0 aliphatic heterocycles. The highest BCUT2D eigenvalue weighted by atomic mass is 32.2. The number of benzene rings is 2. The maximum atomic E-state index is 13.8. The molecule has 1 amide bonds. The summed E-state index contributed by atoms with van der Waals surface area (Å²) < 4.78 is 26.7. The predicted molar refractivity (Wildman–Crippen MR) is 93.0 cm³/mol. The lowest BCUT2D eigenvalue weighted by Gasteiger charge is -2.13. The molecule has 0 radical (unpaired) electrons. The van der Waals surface area contributed by atoms with Crippen molar-refractivity contribution >= 4 is 23.4 Å². The molecule has 0 saturated carbocycles. The number of anilines is 1. The molecule has 1 atom stereocenters. The van der Waals surface area contributed by atoms with Crippen molar-refractivity contribution in [2.24, 2.45) is 0 Å². The van der Waals surface area contributed by atoms with E-state index in [0.29, 0.717) is 17.0 Å². The molecule has 130 valence electrons. The average molecular weight is 362 g/mol. The number of nitrogens with one attached hydrogen (secondary N) is 1. The van der Waals surface area contributed by atoms with Crippen LogP contribution in [-0.2, 0) is 4.79 Å². The van der Waals surface area contributed by atoms with E-state index >= 15 is 0 Å². The Morgan fingerprint density at radius 2 is 2.08 bits per heavy atom. The summed E-state index contributed by atoms with van der Waals surface area (Å²) in [5.41, 5.74) is 0.987. The molecule has 0 unspecified atom stereocenters. The second-order valence-corrected chi connectivity index (χ2v) is 6.40. The van der Waals surface area contributed by atoms with Crippen molar-refractivity contribution in [1.82, 2.24) is 0 Å². The second kappa shape index (κ2) is 9.16. The van der Waals surface area contributed by atoms with Gasteiger partial charge in [-0.15, -0.1) is 11.8 Å². The van der Waals surface area contributed by atoms with E-state index in [-0.39, 0.29) is 18.5 Å².